The molecule has 1 aromatic heterocycles. The number of amides is 2. The first-order chi connectivity index (χ1) is 10.4. The molecule has 0 radical (unpaired) electrons. The number of urea groups is 1. The molecule has 0 aliphatic carbocycles. The molecule has 2 rings (SSSR count). The lowest BCUT2D eigenvalue weighted by molar-refractivity contribution is 0.244. The Bertz CT molecular complexity index is 758. The van der Waals surface area contributed by atoms with E-state index in [9.17, 15) is 17.8 Å². The van der Waals surface area contributed by atoms with Crippen LogP contribution in [0.15, 0.2) is 41.8 Å². The molecule has 22 heavy (non-hydrogen) atoms. The molecular weight excluding hydrogens is 312 g/mol. The summed E-state index contributed by atoms with van der Waals surface area (Å²) in [4.78, 5) is 15.1. The average molecular weight is 326 g/mol. The van der Waals surface area contributed by atoms with Gasteiger partial charge in [0, 0.05) is 24.6 Å². The van der Waals surface area contributed by atoms with Gasteiger partial charge in [-0.3, -0.25) is 4.55 Å². The molecule has 0 saturated carbocycles. The van der Waals surface area contributed by atoms with Crippen molar-refractivity contribution in [3.8, 4) is 5.69 Å². The highest BCUT2D eigenvalue weighted by molar-refractivity contribution is 7.86. The zero-order valence-electron chi connectivity index (χ0n) is 11.3. The Morgan fingerprint density at radius 1 is 1.36 bits per heavy atom. The number of imidazole rings is 1. The van der Waals surface area contributed by atoms with Crippen molar-refractivity contribution in [2.24, 2.45) is 0 Å². The molecule has 0 unspecified atom stereocenters. The van der Waals surface area contributed by atoms with E-state index >= 15 is 0 Å². The second kappa shape index (κ2) is 6.56. The number of carbonyl (C=O) groups is 1. The number of anilines is 1. The van der Waals surface area contributed by atoms with Crippen LogP contribution in [0.25, 0.3) is 5.69 Å². The summed E-state index contributed by atoms with van der Waals surface area (Å²) in [7, 11) is -4.50. The number of rotatable bonds is 5. The van der Waals surface area contributed by atoms with E-state index in [1.54, 1.807) is 10.8 Å². The van der Waals surface area contributed by atoms with E-state index in [0.29, 0.717) is 5.69 Å². The Labute approximate surface area is 126 Å². The molecule has 1 aromatic carbocycles. The summed E-state index contributed by atoms with van der Waals surface area (Å²) in [5, 5.41) is 13.3. The van der Waals surface area contributed by atoms with Crippen LogP contribution >= 0.6 is 0 Å². The van der Waals surface area contributed by atoms with E-state index in [1.165, 1.54) is 30.7 Å². The van der Waals surface area contributed by atoms with Gasteiger partial charge in [-0.05, 0) is 18.2 Å². The zero-order chi connectivity index (χ0) is 16.2. The fourth-order valence-electron chi connectivity index (χ4n) is 1.75. The van der Waals surface area contributed by atoms with Gasteiger partial charge >= 0.3 is 6.03 Å². The van der Waals surface area contributed by atoms with Crippen LogP contribution in [0.3, 0.4) is 0 Å². The third-order valence-electron chi connectivity index (χ3n) is 2.69. The smallest absolute Gasteiger partial charge is 0.319 e. The van der Waals surface area contributed by atoms with Gasteiger partial charge in [-0.1, -0.05) is 0 Å². The molecule has 4 N–H and O–H groups in total. The molecule has 0 bridgehead atoms. The highest BCUT2D eigenvalue weighted by atomic mass is 32.2. The van der Waals surface area contributed by atoms with Crippen LogP contribution in [-0.2, 0) is 10.1 Å². The fourth-order valence-corrected chi connectivity index (χ4v) is 2.38. The maximum atomic E-state index is 11.6. The third-order valence-corrected chi connectivity index (χ3v) is 3.60. The first-order valence-corrected chi connectivity index (χ1v) is 7.61. The van der Waals surface area contributed by atoms with Gasteiger partial charge < -0.3 is 20.3 Å². The predicted molar refractivity (Wildman–Crippen MR) is 77.5 cm³/mol. The monoisotopic (exact) mass is 326 g/mol. The number of nitrogens with zero attached hydrogens (tertiary/aromatic N) is 2. The summed E-state index contributed by atoms with van der Waals surface area (Å²) in [5.41, 5.74) is 0.450. The number of aromatic nitrogens is 2. The van der Waals surface area contributed by atoms with Crippen LogP contribution in [0.1, 0.15) is 0 Å². The van der Waals surface area contributed by atoms with Gasteiger partial charge in [-0.15, -0.1) is 0 Å². The molecule has 118 valence electrons. The topological polar surface area (TPSA) is 134 Å². The molecule has 0 saturated heterocycles. The fraction of sp³-hybridized carbons (Fsp3) is 0.167. The summed E-state index contributed by atoms with van der Waals surface area (Å²) in [6.45, 7) is -0.248. The number of hydrogen-bond acceptors (Lipinski definition) is 5. The van der Waals surface area contributed by atoms with E-state index in [4.69, 9.17) is 5.11 Å². The van der Waals surface area contributed by atoms with Crippen molar-refractivity contribution in [1.29, 1.82) is 0 Å². The van der Waals surface area contributed by atoms with Crippen molar-refractivity contribution >= 4 is 21.8 Å². The van der Waals surface area contributed by atoms with Gasteiger partial charge in [0.25, 0.3) is 10.1 Å². The van der Waals surface area contributed by atoms with Crippen LogP contribution in [0.4, 0.5) is 10.5 Å². The lowest BCUT2D eigenvalue weighted by atomic mass is 10.2. The quantitative estimate of drug-likeness (QED) is 0.581. The van der Waals surface area contributed by atoms with Crippen molar-refractivity contribution < 1.29 is 22.9 Å². The minimum absolute atomic E-state index is 0.00819. The summed E-state index contributed by atoms with van der Waals surface area (Å²) < 4.78 is 33.6. The SMILES string of the molecule is O=C(NCCO)Nc1cc(-n2ccnc2)ccc1S(=O)(=O)O. The minimum atomic E-state index is -4.50. The number of aliphatic hydroxyl groups excluding tert-OH is 1. The molecule has 2 amide bonds. The van der Waals surface area contributed by atoms with E-state index in [1.807, 2.05) is 0 Å². The highest BCUT2D eigenvalue weighted by Gasteiger charge is 2.18. The normalized spacial score (nSPS) is 11.2. The lowest BCUT2D eigenvalue weighted by Crippen LogP contribution is -2.31. The van der Waals surface area contributed by atoms with Crippen molar-refractivity contribution in [3.05, 3.63) is 36.9 Å². The lowest BCUT2D eigenvalue weighted by Gasteiger charge is -2.12. The van der Waals surface area contributed by atoms with Crippen LogP contribution in [0, 0.1) is 0 Å². The Morgan fingerprint density at radius 3 is 2.73 bits per heavy atom. The number of benzene rings is 1. The van der Waals surface area contributed by atoms with Gasteiger partial charge in [0.2, 0.25) is 0 Å². The zero-order valence-corrected chi connectivity index (χ0v) is 12.1. The number of hydrogen-bond donors (Lipinski definition) is 4. The van der Waals surface area contributed by atoms with Gasteiger partial charge in [-0.2, -0.15) is 8.42 Å². The van der Waals surface area contributed by atoms with Gasteiger partial charge in [0.15, 0.2) is 0 Å². The number of aliphatic hydroxyl groups is 1. The first kappa shape index (κ1) is 15.9. The average Bonchev–Trinajstić information content (AvgIpc) is 2.98. The number of nitrogens with one attached hydrogen (secondary N) is 2. The Morgan fingerprint density at radius 2 is 2.14 bits per heavy atom. The largest absolute Gasteiger partial charge is 0.395 e. The summed E-state index contributed by atoms with van der Waals surface area (Å²) in [5.74, 6) is 0. The van der Waals surface area contributed by atoms with Crippen molar-refractivity contribution in [2.45, 2.75) is 4.90 Å². The summed E-state index contributed by atoms with van der Waals surface area (Å²) in [6, 6.07) is 3.30. The van der Waals surface area contributed by atoms with Gasteiger partial charge in [0.1, 0.15) is 4.90 Å². The Hall–Kier alpha value is -2.43. The third kappa shape index (κ3) is 3.81. The Kier molecular flexibility index (Phi) is 4.75. The van der Waals surface area contributed by atoms with Crippen molar-refractivity contribution in [3.63, 3.8) is 0 Å². The molecule has 0 aliphatic heterocycles. The molecule has 9 nitrogen and oxygen atoms in total. The van der Waals surface area contributed by atoms with E-state index in [-0.39, 0.29) is 18.8 Å². The maximum absolute atomic E-state index is 11.6. The van der Waals surface area contributed by atoms with Crippen molar-refractivity contribution in [2.75, 3.05) is 18.5 Å². The maximum Gasteiger partial charge on any atom is 0.319 e. The summed E-state index contributed by atoms with van der Waals surface area (Å²) >= 11 is 0. The minimum Gasteiger partial charge on any atom is -0.395 e. The van der Waals surface area contributed by atoms with E-state index in [0.717, 1.165) is 0 Å². The molecule has 0 atom stereocenters. The standard InChI is InChI=1S/C12H14N4O5S/c17-6-4-14-12(18)15-10-7-9(16-5-3-13-8-16)1-2-11(10)22(19,20)21/h1-3,5,7-8,17H,4,6H2,(H2,14,15,18)(H,19,20,21). The molecule has 0 aliphatic rings. The molecule has 0 spiro atoms. The summed E-state index contributed by atoms with van der Waals surface area (Å²) in [6.07, 6.45) is 4.67. The highest BCUT2D eigenvalue weighted by Crippen LogP contribution is 2.24. The Balaban J connectivity index is 2.38. The van der Waals surface area contributed by atoms with E-state index < -0.39 is 21.0 Å². The van der Waals surface area contributed by atoms with Crippen molar-refractivity contribution in [1.82, 2.24) is 14.9 Å². The first-order valence-electron chi connectivity index (χ1n) is 6.17. The molecule has 0 fully saturated rings. The van der Waals surface area contributed by atoms with Crippen LogP contribution in [0.5, 0.6) is 0 Å². The predicted octanol–water partition coefficient (Wildman–Crippen LogP) is 0.233. The molecular formula is C12H14N4O5S. The van der Waals surface area contributed by atoms with Crippen LogP contribution in [0.2, 0.25) is 0 Å². The molecule has 2 aromatic rings. The van der Waals surface area contributed by atoms with Gasteiger partial charge in [-0.25, -0.2) is 9.78 Å². The second-order valence-electron chi connectivity index (χ2n) is 4.23. The van der Waals surface area contributed by atoms with Crippen LogP contribution in [-0.4, -0.2) is 46.8 Å². The molecule has 10 heteroatoms. The van der Waals surface area contributed by atoms with E-state index in [2.05, 4.69) is 15.6 Å². The number of carbonyl (C=O) groups excluding carboxylic acids is 1. The van der Waals surface area contributed by atoms with Gasteiger partial charge in [0.05, 0.1) is 18.6 Å². The second-order valence-corrected chi connectivity index (χ2v) is 5.62. The van der Waals surface area contributed by atoms with Crippen LogP contribution < -0.4 is 10.6 Å². The molecule has 1 heterocycles.